The Hall–Kier alpha value is -2.33. The summed E-state index contributed by atoms with van der Waals surface area (Å²) in [6.07, 6.45) is 7.67. The molecule has 7 rings (SSSR count). The van der Waals surface area contributed by atoms with Crippen molar-refractivity contribution in [3.8, 4) is 0 Å². The SMILES string of the molecule is Cc1cc2cnc(Nc3cnn(C4CCC5CCC54)c3Cl)nc2cc1C1CCN(C2COC[C@H]2O)C[C@@H]1F. The number of fused-ring (bicyclic) bond motifs is 2. The lowest BCUT2D eigenvalue weighted by Gasteiger charge is -2.39. The molecule has 4 fully saturated rings. The van der Waals surface area contributed by atoms with Crippen molar-refractivity contribution >= 4 is 34.1 Å². The number of piperidine rings is 1. The Morgan fingerprint density at radius 1 is 1.11 bits per heavy atom. The van der Waals surface area contributed by atoms with Crippen molar-refractivity contribution in [3.05, 3.63) is 40.8 Å². The van der Waals surface area contributed by atoms with Gasteiger partial charge in [-0.1, -0.05) is 11.6 Å². The van der Waals surface area contributed by atoms with E-state index in [2.05, 4.69) is 15.4 Å². The fraction of sp³-hybridized carbons (Fsp3) is 0.607. The van der Waals surface area contributed by atoms with Crippen LogP contribution in [0.1, 0.15) is 55.2 Å². The minimum absolute atomic E-state index is 0.117. The molecule has 4 aliphatic rings. The third-order valence-electron chi connectivity index (χ3n) is 9.53. The van der Waals surface area contributed by atoms with E-state index < -0.39 is 12.3 Å². The molecule has 2 saturated heterocycles. The number of anilines is 2. The van der Waals surface area contributed by atoms with E-state index in [0.29, 0.717) is 54.9 Å². The number of ether oxygens (including phenoxy) is 1. The first kappa shape index (κ1) is 24.7. The van der Waals surface area contributed by atoms with Crippen LogP contribution in [-0.2, 0) is 4.74 Å². The summed E-state index contributed by atoms with van der Waals surface area (Å²) >= 11 is 6.75. The molecule has 0 bridgehead atoms. The minimum Gasteiger partial charge on any atom is -0.389 e. The van der Waals surface area contributed by atoms with Crippen molar-refractivity contribution in [1.82, 2.24) is 24.6 Å². The number of halogens is 2. The molecule has 5 unspecified atom stereocenters. The van der Waals surface area contributed by atoms with Crippen LogP contribution < -0.4 is 5.32 Å². The second-order valence-corrected chi connectivity index (χ2v) is 12.0. The molecule has 10 heteroatoms. The van der Waals surface area contributed by atoms with Gasteiger partial charge in [0.2, 0.25) is 5.95 Å². The predicted octanol–water partition coefficient (Wildman–Crippen LogP) is 4.78. The Kier molecular flexibility index (Phi) is 6.30. The molecule has 0 radical (unpaired) electrons. The Labute approximate surface area is 226 Å². The number of aromatic nitrogens is 4. The van der Waals surface area contributed by atoms with Gasteiger partial charge in [-0.25, -0.2) is 19.0 Å². The van der Waals surface area contributed by atoms with Gasteiger partial charge in [0.05, 0.1) is 48.8 Å². The largest absolute Gasteiger partial charge is 0.389 e. The lowest BCUT2D eigenvalue weighted by molar-refractivity contribution is 0.0352. The number of rotatable bonds is 5. The molecule has 2 N–H and O–H groups in total. The highest BCUT2D eigenvalue weighted by atomic mass is 35.5. The highest BCUT2D eigenvalue weighted by Gasteiger charge is 2.44. The van der Waals surface area contributed by atoms with Crippen LogP contribution in [-0.4, -0.2) is 74.4 Å². The molecule has 38 heavy (non-hydrogen) atoms. The maximum atomic E-state index is 15.5. The molecule has 8 nitrogen and oxygen atoms in total. The molecule has 0 amide bonds. The zero-order valence-corrected chi connectivity index (χ0v) is 22.3. The van der Waals surface area contributed by atoms with E-state index in [0.717, 1.165) is 40.9 Å². The van der Waals surface area contributed by atoms with Crippen LogP contribution >= 0.6 is 11.6 Å². The van der Waals surface area contributed by atoms with E-state index >= 15 is 4.39 Å². The minimum atomic E-state index is -1.03. The van der Waals surface area contributed by atoms with Gasteiger partial charge in [-0.3, -0.25) is 4.90 Å². The van der Waals surface area contributed by atoms with Gasteiger partial charge >= 0.3 is 0 Å². The second kappa shape index (κ2) is 9.70. The first-order valence-corrected chi connectivity index (χ1v) is 14.3. The zero-order valence-electron chi connectivity index (χ0n) is 21.6. The molecule has 1 aromatic carbocycles. The van der Waals surface area contributed by atoms with E-state index in [4.69, 9.17) is 21.3 Å². The van der Waals surface area contributed by atoms with E-state index in [9.17, 15) is 5.11 Å². The number of aryl methyl sites for hydroxylation is 1. The molecule has 2 aromatic heterocycles. The van der Waals surface area contributed by atoms with Crippen molar-refractivity contribution < 1.29 is 14.2 Å². The average Bonchev–Trinajstić information content (AvgIpc) is 3.55. The summed E-state index contributed by atoms with van der Waals surface area (Å²) in [4.78, 5) is 11.3. The molecule has 202 valence electrons. The summed E-state index contributed by atoms with van der Waals surface area (Å²) in [5, 5.41) is 19.6. The molecule has 2 saturated carbocycles. The monoisotopic (exact) mass is 540 g/mol. The van der Waals surface area contributed by atoms with Gasteiger partial charge in [0.15, 0.2) is 5.15 Å². The number of hydrogen-bond donors (Lipinski definition) is 2. The maximum Gasteiger partial charge on any atom is 0.227 e. The standard InChI is InChI=1S/C28H34ClFN6O2/c1-15-8-17-10-31-28(34-23-11-32-36(27(23)29)24-5-3-16-2-4-18(16)24)33-22(17)9-20(15)19-6-7-35(12-21(19)30)25-13-38-14-26(25)37/h8-11,16,18-19,21,24-26,37H,2-7,12-14H2,1H3,(H,31,33,34)/t16?,18?,19?,21-,24?,25?,26+/m0/s1. The van der Waals surface area contributed by atoms with Gasteiger partial charge in [0, 0.05) is 24.0 Å². The average molecular weight is 541 g/mol. The quantitative estimate of drug-likeness (QED) is 0.481. The van der Waals surface area contributed by atoms with Crippen molar-refractivity contribution in [1.29, 1.82) is 0 Å². The highest BCUT2D eigenvalue weighted by Crippen LogP contribution is 2.53. The first-order chi connectivity index (χ1) is 18.5. The van der Waals surface area contributed by atoms with E-state index in [1.165, 1.54) is 19.3 Å². The van der Waals surface area contributed by atoms with Gasteiger partial charge in [0.1, 0.15) is 6.17 Å². The number of nitrogens with one attached hydrogen (secondary N) is 1. The number of aliphatic hydroxyl groups excluding tert-OH is 1. The summed E-state index contributed by atoms with van der Waals surface area (Å²) in [6.45, 7) is 3.85. The topological polar surface area (TPSA) is 88.3 Å². The van der Waals surface area contributed by atoms with Crippen LogP contribution in [0.5, 0.6) is 0 Å². The smallest absolute Gasteiger partial charge is 0.227 e. The lowest BCUT2D eigenvalue weighted by Crippen LogP contribution is -2.50. The Bertz CT molecular complexity index is 1350. The zero-order chi connectivity index (χ0) is 26.0. The lowest BCUT2D eigenvalue weighted by atomic mass is 9.75. The molecule has 4 heterocycles. The Balaban J connectivity index is 1.10. The van der Waals surface area contributed by atoms with E-state index in [1.807, 2.05) is 28.6 Å². The fourth-order valence-electron chi connectivity index (χ4n) is 7.27. The van der Waals surface area contributed by atoms with E-state index in [1.54, 1.807) is 12.4 Å². The molecule has 0 spiro atoms. The molecule has 2 aliphatic heterocycles. The van der Waals surface area contributed by atoms with Crippen molar-refractivity contribution in [2.75, 3.05) is 31.6 Å². The van der Waals surface area contributed by atoms with Gasteiger partial charge in [0.25, 0.3) is 0 Å². The molecular formula is C28H34ClFN6O2. The van der Waals surface area contributed by atoms with Crippen LogP contribution in [0.4, 0.5) is 16.0 Å². The predicted molar refractivity (Wildman–Crippen MR) is 144 cm³/mol. The molecule has 7 atom stereocenters. The third kappa shape index (κ3) is 4.18. The summed E-state index contributed by atoms with van der Waals surface area (Å²) in [7, 11) is 0. The van der Waals surface area contributed by atoms with Gasteiger partial charge in [-0.2, -0.15) is 5.10 Å². The number of nitrogens with zero attached hydrogens (tertiary/aromatic N) is 5. The number of benzene rings is 1. The third-order valence-corrected chi connectivity index (χ3v) is 9.91. The maximum absolute atomic E-state index is 15.5. The highest BCUT2D eigenvalue weighted by molar-refractivity contribution is 6.32. The van der Waals surface area contributed by atoms with Crippen LogP contribution in [0.15, 0.2) is 24.5 Å². The summed E-state index contributed by atoms with van der Waals surface area (Å²) in [5.74, 6) is 1.76. The number of hydrogen-bond acceptors (Lipinski definition) is 7. The fourth-order valence-corrected chi connectivity index (χ4v) is 7.54. The van der Waals surface area contributed by atoms with Gasteiger partial charge in [-0.05, 0) is 80.7 Å². The van der Waals surface area contributed by atoms with Crippen molar-refractivity contribution in [2.45, 2.75) is 69.3 Å². The first-order valence-electron chi connectivity index (χ1n) is 13.9. The second-order valence-electron chi connectivity index (χ2n) is 11.6. The van der Waals surface area contributed by atoms with Gasteiger partial charge in [-0.15, -0.1) is 0 Å². The molecular weight excluding hydrogens is 507 g/mol. The van der Waals surface area contributed by atoms with Crippen molar-refractivity contribution in [2.24, 2.45) is 11.8 Å². The van der Waals surface area contributed by atoms with Crippen LogP contribution in [0.2, 0.25) is 5.15 Å². The number of alkyl halides is 1. The van der Waals surface area contributed by atoms with Crippen LogP contribution in [0.25, 0.3) is 10.9 Å². The number of aliphatic hydroxyl groups is 1. The van der Waals surface area contributed by atoms with Gasteiger partial charge < -0.3 is 15.2 Å². The Morgan fingerprint density at radius 2 is 1.97 bits per heavy atom. The normalized spacial score (nSPS) is 33.4. The Morgan fingerprint density at radius 3 is 2.71 bits per heavy atom. The van der Waals surface area contributed by atoms with Crippen LogP contribution in [0, 0.1) is 18.8 Å². The number of likely N-dealkylation sites (tertiary alicyclic amines) is 1. The summed E-state index contributed by atoms with van der Waals surface area (Å²) in [6, 6.07) is 4.32. The summed E-state index contributed by atoms with van der Waals surface area (Å²) < 4.78 is 22.9. The van der Waals surface area contributed by atoms with Crippen LogP contribution in [0.3, 0.4) is 0 Å². The summed E-state index contributed by atoms with van der Waals surface area (Å²) in [5.41, 5.74) is 3.51. The molecule has 2 aliphatic carbocycles. The molecule has 3 aromatic rings. The van der Waals surface area contributed by atoms with E-state index in [-0.39, 0.29) is 12.0 Å². The van der Waals surface area contributed by atoms with Crippen molar-refractivity contribution in [3.63, 3.8) is 0 Å².